The van der Waals surface area contributed by atoms with Crippen LogP contribution < -0.4 is 0 Å². The molecule has 0 aromatic carbocycles. The average Bonchev–Trinajstić information content (AvgIpc) is 2.03. The highest BCUT2D eigenvalue weighted by molar-refractivity contribution is 6.30. The van der Waals surface area contributed by atoms with Gasteiger partial charge in [-0.15, -0.1) is 6.58 Å². The van der Waals surface area contributed by atoms with Gasteiger partial charge in [0, 0.05) is 18.0 Å². The van der Waals surface area contributed by atoms with Crippen LogP contribution in [0.1, 0.15) is 25.0 Å². The Balaban J connectivity index is 2.76. The lowest BCUT2D eigenvalue weighted by Gasteiger charge is -2.09. The first-order valence-electron chi connectivity index (χ1n) is 4.02. The van der Waals surface area contributed by atoms with Gasteiger partial charge in [0.05, 0.1) is 11.1 Å². The lowest BCUT2D eigenvalue weighted by Crippen LogP contribution is -1.98. The molecule has 1 rings (SSSR count). The number of aromatic nitrogens is 1. The SMILES string of the molecule is C=C(C)CC(O)c1cncc(Cl)c1. The lowest BCUT2D eigenvalue weighted by molar-refractivity contribution is 0.178. The monoisotopic (exact) mass is 197 g/mol. The molecule has 0 fully saturated rings. The number of hydrogen-bond acceptors (Lipinski definition) is 2. The van der Waals surface area contributed by atoms with Crippen LogP contribution in [0, 0.1) is 0 Å². The summed E-state index contributed by atoms with van der Waals surface area (Å²) in [6.45, 7) is 5.61. The summed E-state index contributed by atoms with van der Waals surface area (Å²) in [5.41, 5.74) is 1.67. The first kappa shape index (κ1) is 10.2. The highest BCUT2D eigenvalue weighted by Gasteiger charge is 2.07. The normalized spacial score (nSPS) is 12.5. The molecular weight excluding hydrogens is 186 g/mol. The van der Waals surface area contributed by atoms with E-state index in [1.54, 1.807) is 18.5 Å². The minimum atomic E-state index is -0.552. The van der Waals surface area contributed by atoms with Gasteiger partial charge in [0.15, 0.2) is 0 Å². The molecule has 0 saturated heterocycles. The van der Waals surface area contributed by atoms with Crippen LogP contribution in [0.5, 0.6) is 0 Å². The van der Waals surface area contributed by atoms with E-state index in [2.05, 4.69) is 11.6 Å². The molecular formula is C10H12ClNO. The summed E-state index contributed by atoms with van der Waals surface area (Å²) in [6, 6.07) is 1.71. The number of pyridine rings is 1. The molecule has 0 radical (unpaired) electrons. The van der Waals surface area contributed by atoms with E-state index in [0.29, 0.717) is 11.4 Å². The van der Waals surface area contributed by atoms with Crippen molar-refractivity contribution in [1.29, 1.82) is 0 Å². The van der Waals surface area contributed by atoms with Crippen LogP contribution >= 0.6 is 11.6 Å². The Hall–Kier alpha value is -0.860. The zero-order valence-electron chi connectivity index (χ0n) is 7.50. The molecule has 1 aromatic heterocycles. The summed E-state index contributed by atoms with van der Waals surface area (Å²) < 4.78 is 0. The van der Waals surface area contributed by atoms with E-state index in [-0.39, 0.29) is 0 Å². The van der Waals surface area contributed by atoms with E-state index in [4.69, 9.17) is 11.6 Å². The van der Waals surface area contributed by atoms with Crippen molar-refractivity contribution >= 4 is 11.6 Å². The van der Waals surface area contributed by atoms with Crippen molar-refractivity contribution in [2.24, 2.45) is 0 Å². The van der Waals surface area contributed by atoms with Gasteiger partial charge < -0.3 is 5.11 Å². The summed E-state index contributed by atoms with van der Waals surface area (Å²) in [4.78, 5) is 3.89. The second-order valence-corrected chi connectivity index (χ2v) is 3.55. The Kier molecular flexibility index (Phi) is 3.46. The first-order chi connectivity index (χ1) is 6.09. The van der Waals surface area contributed by atoms with Crippen LogP contribution in [0.25, 0.3) is 0 Å². The van der Waals surface area contributed by atoms with Gasteiger partial charge in [-0.3, -0.25) is 4.98 Å². The number of halogens is 1. The molecule has 0 aliphatic rings. The zero-order chi connectivity index (χ0) is 9.84. The van der Waals surface area contributed by atoms with E-state index in [9.17, 15) is 5.11 Å². The van der Waals surface area contributed by atoms with E-state index < -0.39 is 6.10 Å². The fourth-order valence-electron chi connectivity index (χ4n) is 1.06. The Bertz CT molecular complexity index is 312. The molecule has 3 heteroatoms. The van der Waals surface area contributed by atoms with E-state index in [1.165, 1.54) is 0 Å². The van der Waals surface area contributed by atoms with Gasteiger partial charge in [-0.2, -0.15) is 0 Å². The number of rotatable bonds is 3. The van der Waals surface area contributed by atoms with Gasteiger partial charge in [-0.25, -0.2) is 0 Å². The van der Waals surface area contributed by atoms with Crippen molar-refractivity contribution in [2.75, 3.05) is 0 Å². The summed E-state index contributed by atoms with van der Waals surface area (Å²) in [7, 11) is 0. The Morgan fingerprint density at radius 1 is 1.69 bits per heavy atom. The molecule has 1 unspecified atom stereocenters. The maximum Gasteiger partial charge on any atom is 0.0842 e. The topological polar surface area (TPSA) is 33.1 Å². The lowest BCUT2D eigenvalue weighted by atomic mass is 10.1. The highest BCUT2D eigenvalue weighted by Crippen LogP contribution is 2.21. The van der Waals surface area contributed by atoms with Crippen LogP contribution in [0.2, 0.25) is 5.02 Å². The molecule has 13 heavy (non-hydrogen) atoms. The number of aliphatic hydroxyl groups is 1. The first-order valence-corrected chi connectivity index (χ1v) is 4.40. The van der Waals surface area contributed by atoms with Crippen molar-refractivity contribution in [1.82, 2.24) is 4.98 Å². The molecule has 0 aliphatic carbocycles. The molecule has 1 heterocycles. The van der Waals surface area contributed by atoms with Crippen molar-refractivity contribution in [3.8, 4) is 0 Å². The summed E-state index contributed by atoms with van der Waals surface area (Å²) in [5.74, 6) is 0. The van der Waals surface area contributed by atoms with Gasteiger partial charge in [0.1, 0.15) is 0 Å². The fraction of sp³-hybridized carbons (Fsp3) is 0.300. The third-order valence-electron chi connectivity index (χ3n) is 1.65. The van der Waals surface area contributed by atoms with Crippen LogP contribution in [0.3, 0.4) is 0 Å². The molecule has 1 atom stereocenters. The molecule has 0 saturated carbocycles. The third-order valence-corrected chi connectivity index (χ3v) is 1.86. The second-order valence-electron chi connectivity index (χ2n) is 3.11. The standard InChI is InChI=1S/C10H12ClNO/c1-7(2)3-10(13)8-4-9(11)6-12-5-8/h4-6,10,13H,1,3H2,2H3. The van der Waals surface area contributed by atoms with Crippen LogP contribution in [-0.4, -0.2) is 10.1 Å². The summed E-state index contributed by atoms with van der Waals surface area (Å²) in [6.07, 6.45) is 3.14. The third kappa shape index (κ3) is 3.17. The predicted molar refractivity (Wildman–Crippen MR) is 53.6 cm³/mol. The molecule has 1 aromatic rings. The Labute approximate surface area is 82.9 Å². The smallest absolute Gasteiger partial charge is 0.0842 e. The largest absolute Gasteiger partial charge is 0.388 e. The van der Waals surface area contributed by atoms with E-state index in [1.807, 2.05) is 6.92 Å². The average molecular weight is 198 g/mol. The zero-order valence-corrected chi connectivity index (χ0v) is 8.25. The highest BCUT2D eigenvalue weighted by atomic mass is 35.5. The summed E-state index contributed by atoms with van der Waals surface area (Å²) >= 11 is 5.73. The molecule has 2 nitrogen and oxygen atoms in total. The molecule has 0 aliphatic heterocycles. The number of aliphatic hydroxyl groups excluding tert-OH is 1. The minimum Gasteiger partial charge on any atom is -0.388 e. The van der Waals surface area contributed by atoms with Gasteiger partial charge in [-0.05, 0) is 19.4 Å². The summed E-state index contributed by atoms with van der Waals surface area (Å²) in [5, 5.41) is 10.2. The Morgan fingerprint density at radius 3 is 2.92 bits per heavy atom. The van der Waals surface area contributed by atoms with Crippen molar-refractivity contribution in [3.05, 3.63) is 41.2 Å². The number of hydrogen-bond donors (Lipinski definition) is 1. The van der Waals surface area contributed by atoms with E-state index in [0.717, 1.165) is 11.1 Å². The Morgan fingerprint density at radius 2 is 2.38 bits per heavy atom. The molecule has 0 spiro atoms. The van der Waals surface area contributed by atoms with Gasteiger partial charge in [0.25, 0.3) is 0 Å². The minimum absolute atomic E-state index is 0.540. The maximum atomic E-state index is 9.66. The molecule has 0 amide bonds. The second kappa shape index (κ2) is 4.40. The molecule has 1 N–H and O–H groups in total. The van der Waals surface area contributed by atoms with Crippen LogP contribution in [0.4, 0.5) is 0 Å². The van der Waals surface area contributed by atoms with Crippen molar-refractivity contribution in [3.63, 3.8) is 0 Å². The van der Waals surface area contributed by atoms with Crippen molar-refractivity contribution < 1.29 is 5.11 Å². The van der Waals surface area contributed by atoms with Crippen LogP contribution in [-0.2, 0) is 0 Å². The number of nitrogens with zero attached hydrogens (tertiary/aromatic N) is 1. The van der Waals surface area contributed by atoms with Gasteiger partial charge in [0.2, 0.25) is 0 Å². The maximum absolute atomic E-state index is 9.66. The van der Waals surface area contributed by atoms with Gasteiger partial charge in [-0.1, -0.05) is 17.2 Å². The van der Waals surface area contributed by atoms with Gasteiger partial charge >= 0.3 is 0 Å². The van der Waals surface area contributed by atoms with E-state index >= 15 is 0 Å². The van der Waals surface area contributed by atoms with Crippen LogP contribution in [0.15, 0.2) is 30.6 Å². The predicted octanol–water partition coefficient (Wildman–Crippen LogP) is 2.73. The molecule has 70 valence electrons. The van der Waals surface area contributed by atoms with Crippen molar-refractivity contribution in [2.45, 2.75) is 19.4 Å². The fourth-order valence-corrected chi connectivity index (χ4v) is 1.24. The molecule has 0 bridgehead atoms. The quantitative estimate of drug-likeness (QED) is 0.756.